The summed E-state index contributed by atoms with van der Waals surface area (Å²) in [6.07, 6.45) is 11.0. The van der Waals surface area contributed by atoms with E-state index in [2.05, 4.69) is 33.9 Å². The number of hydrazine groups is 1. The number of hydrogen-bond donors (Lipinski definition) is 3. The molecule has 6 rings (SSSR count). The second-order valence-corrected chi connectivity index (χ2v) is 11.6. The van der Waals surface area contributed by atoms with Crippen molar-refractivity contribution in [2.24, 2.45) is 11.7 Å². The Balaban J connectivity index is 1.17. The molecule has 3 unspecified atom stereocenters. The van der Waals surface area contributed by atoms with E-state index in [1.54, 1.807) is 6.08 Å². The normalized spacial score (nSPS) is 26.5. The fourth-order valence-corrected chi connectivity index (χ4v) is 6.43. The third kappa shape index (κ3) is 5.88. The monoisotopic (exact) mass is 556 g/mol. The van der Waals surface area contributed by atoms with Gasteiger partial charge in [0.05, 0.1) is 6.17 Å². The molecule has 2 saturated heterocycles. The van der Waals surface area contributed by atoms with E-state index >= 15 is 0 Å². The lowest BCUT2D eigenvalue weighted by Gasteiger charge is -2.43. The van der Waals surface area contributed by atoms with Crippen LogP contribution in [0.1, 0.15) is 37.7 Å². The van der Waals surface area contributed by atoms with Gasteiger partial charge in [-0.25, -0.2) is 5.43 Å². The first-order valence-corrected chi connectivity index (χ1v) is 14.8. The van der Waals surface area contributed by atoms with Gasteiger partial charge in [-0.05, 0) is 68.1 Å². The number of benzene rings is 2. The first-order valence-electron chi connectivity index (χ1n) is 14.8. The van der Waals surface area contributed by atoms with Gasteiger partial charge < -0.3 is 20.3 Å². The van der Waals surface area contributed by atoms with Gasteiger partial charge in [0, 0.05) is 49.9 Å². The summed E-state index contributed by atoms with van der Waals surface area (Å²) in [5.74, 6) is 1.23. The molecule has 0 spiro atoms. The van der Waals surface area contributed by atoms with Crippen molar-refractivity contribution in [3.05, 3.63) is 78.5 Å². The van der Waals surface area contributed by atoms with Crippen LogP contribution in [0.25, 0.3) is 5.57 Å². The lowest BCUT2D eigenvalue weighted by atomic mass is 9.86. The molecule has 9 nitrogen and oxygen atoms in total. The number of nitrogens with zero attached hydrogens (tertiary/aromatic N) is 3. The van der Waals surface area contributed by atoms with Crippen LogP contribution in [0.2, 0.25) is 0 Å². The van der Waals surface area contributed by atoms with Crippen molar-refractivity contribution in [2.75, 3.05) is 26.7 Å². The van der Waals surface area contributed by atoms with E-state index in [0.717, 1.165) is 48.6 Å². The molecule has 0 bridgehead atoms. The highest BCUT2D eigenvalue weighted by atomic mass is 16.5. The van der Waals surface area contributed by atoms with Crippen molar-refractivity contribution in [3.63, 3.8) is 0 Å². The molecular weight excluding hydrogens is 516 g/mol. The molecular formula is C32H40N6O3. The molecule has 3 heterocycles. The second-order valence-electron chi connectivity index (χ2n) is 11.6. The van der Waals surface area contributed by atoms with Crippen LogP contribution in [0, 0.1) is 5.92 Å². The average Bonchev–Trinajstić information content (AvgIpc) is 3.37. The van der Waals surface area contributed by atoms with Gasteiger partial charge in [0.25, 0.3) is 5.91 Å². The smallest absolute Gasteiger partial charge is 0.257 e. The molecule has 4 N–H and O–H groups in total. The SMILES string of the molecule is CN(C/C=C/C(=O)N1CCC[C@@H](N2C=C(c3ccc(Oc4ccccc4)cc3)C3C(N)NNC(=O)C32)C1)C1CCC1. The predicted molar refractivity (Wildman–Crippen MR) is 158 cm³/mol. The third-order valence-electron chi connectivity index (χ3n) is 8.97. The Kier molecular flexibility index (Phi) is 8.09. The molecule has 9 heteroatoms. The maximum atomic E-state index is 13.2. The van der Waals surface area contributed by atoms with Crippen molar-refractivity contribution in [1.82, 2.24) is 25.6 Å². The molecule has 4 aliphatic rings. The fraction of sp³-hybridized carbons (Fsp3) is 0.438. The predicted octanol–water partition coefficient (Wildman–Crippen LogP) is 3.07. The summed E-state index contributed by atoms with van der Waals surface area (Å²) in [5, 5.41) is 0. The largest absolute Gasteiger partial charge is 0.457 e. The Morgan fingerprint density at radius 2 is 1.83 bits per heavy atom. The number of likely N-dealkylation sites (tertiary alicyclic amines) is 1. The number of para-hydroxylation sites is 1. The fourth-order valence-electron chi connectivity index (χ4n) is 6.43. The number of ether oxygens (including phenoxy) is 1. The van der Waals surface area contributed by atoms with E-state index in [4.69, 9.17) is 10.5 Å². The molecule has 4 atom stereocenters. The van der Waals surface area contributed by atoms with Crippen molar-refractivity contribution in [1.29, 1.82) is 0 Å². The molecule has 1 saturated carbocycles. The molecule has 3 aliphatic heterocycles. The summed E-state index contributed by atoms with van der Waals surface area (Å²) in [4.78, 5) is 32.7. The number of likely N-dealkylation sites (N-methyl/N-ethyl adjacent to an activating group) is 1. The van der Waals surface area contributed by atoms with Crippen molar-refractivity contribution in [2.45, 2.75) is 56.4 Å². The summed E-state index contributed by atoms with van der Waals surface area (Å²) in [6.45, 7) is 2.09. The molecule has 3 fully saturated rings. The minimum Gasteiger partial charge on any atom is -0.457 e. The molecule has 2 aromatic carbocycles. The number of carbonyl (C=O) groups is 2. The zero-order chi connectivity index (χ0) is 28.3. The van der Waals surface area contributed by atoms with Crippen molar-refractivity contribution < 1.29 is 14.3 Å². The summed E-state index contributed by atoms with van der Waals surface area (Å²) in [7, 11) is 2.13. The van der Waals surface area contributed by atoms with Gasteiger partial charge in [-0.15, -0.1) is 0 Å². The number of piperidine rings is 1. The standard InChI is InChI=1S/C32H40N6O3/c1-36(23-8-5-9-23)18-7-13-28(39)37-19-6-10-24(20-37)38-21-27(29-30(38)32(40)35-34-31(29)33)22-14-16-26(17-15-22)41-25-11-3-2-4-12-25/h2-4,7,11-17,21,23-24,29-31,34H,5-6,8-10,18-20,33H2,1H3,(H,35,40)/b13-7+/t24-,29?,30?,31?/m1/s1. The van der Waals surface area contributed by atoms with E-state index in [1.807, 2.05) is 65.6 Å². The van der Waals surface area contributed by atoms with E-state index in [0.29, 0.717) is 12.6 Å². The van der Waals surface area contributed by atoms with Crippen molar-refractivity contribution in [3.8, 4) is 11.5 Å². The van der Waals surface area contributed by atoms with Crippen LogP contribution in [-0.2, 0) is 9.59 Å². The van der Waals surface area contributed by atoms with Crippen LogP contribution < -0.4 is 21.3 Å². The number of carbonyl (C=O) groups excluding carboxylic acids is 2. The third-order valence-corrected chi connectivity index (χ3v) is 8.97. The van der Waals surface area contributed by atoms with E-state index in [9.17, 15) is 9.59 Å². The summed E-state index contributed by atoms with van der Waals surface area (Å²) in [6, 6.07) is 17.8. The van der Waals surface area contributed by atoms with Crippen LogP contribution in [0.3, 0.4) is 0 Å². The molecule has 2 aromatic rings. The Bertz CT molecular complexity index is 1290. The van der Waals surface area contributed by atoms with Gasteiger partial charge in [-0.3, -0.25) is 19.9 Å². The van der Waals surface area contributed by atoms with Crippen molar-refractivity contribution >= 4 is 17.4 Å². The Labute approximate surface area is 242 Å². The maximum absolute atomic E-state index is 13.2. The summed E-state index contributed by atoms with van der Waals surface area (Å²) < 4.78 is 5.98. The highest BCUT2D eigenvalue weighted by Crippen LogP contribution is 2.41. The van der Waals surface area contributed by atoms with E-state index in [1.165, 1.54) is 19.3 Å². The first kappa shape index (κ1) is 27.5. The van der Waals surface area contributed by atoms with Crippen LogP contribution in [0.4, 0.5) is 0 Å². The summed E-state index contributed by atoms with van der Waals surface area (Å²) >= 11 is 0. The van der Waals surface area contributed by atoms with Crippen LogP contribution in [-0.4, -0.2) is 77.5 Å². The van der Waals surface area contributed by atoms with Gasteiger partial charge in [0.1, 0.15) is 17.5 Å². The van der Waals surface area contributed by atoms with Crippen LogP contribution in [0.5, 0.6) is 11.5 Å². The highest BCUT2D eigenvalue weighted by molar-refractivity contribution is 5.89. The molecule has 0 radical (unpaired) electrons. The molecule has 2 amide bonds. The highest BCUT2D eigenvalue weighted by Gasteiger charge is 2.49. The molecule has 216 valence electrons. The average molecular weight is 557 g/mol. The van der Waals surface area contributed by atoms with Gasteiger partial charge in [0.2, 0.25) is 5.91 Å². The number of nitrogens with two attached hydrogens (primary N) is 1. The van der Waals surface area contributed by atoms with E-state index < -0.39 is 12.2 Å². The Morgan fingerprint density at radius 3 is 2.56 bits per heavy atom. The zero-order valence-corrected chi connectivity index (χ0v) is 23.6. The van der Waals surface area contributed by atoms with E-state index in [-0.39, 0.29) is 23.8 Å². The minimum absolute atomic E-state index is 0.0282. The lowest BCUT2D eigenvalue weighted by molar-refractivity contribution is -0.132. The summed E-state index contributed by atoms with van der Waals surface area (Å²) in [5.41, 5.74) is 14.3. The number of nitrogens with one attached hydrogen (secondary N) is 2. The van der Waals surface area contributed by atoms with Gasteiger partial charge in [-0.1, -0.05) is 42.8 Å². The first-order chi connectivity index (χ1) is 20.0. The quantitative estimate of drug-likeness (QED) is 0.430. The molecule has 1 aliphatic carbocycles. The maximum Gasteiger partial charge on any atom is 0.257 e. The number of rotatable bonds is 8. The number of hydrogen-bond acceptors (Lipinski definition) is 7. The Morgan fingerprint density at radius 1 is 1.07 bits per heavy atom. The minimum atomic E-state index is -0.439. The zero-order valence-electron chi connectivity index (χ0n) is 23.6. The topological polar surface area (TPSA) is 103 Å². The number of fused-ring (bicyclic) bond motifs is 1. The van der Waals surface area contributed by atoms with Gasteiger partial charge >= 0.3 is 0 Å². The molecule has 0 aromatic heterocycles. The van der Waals surface area contributed by atoms with Crippen LogP contribution in [0.15, 0.2) is 72.9 Å². The van der Waals surface area contributed by atoms with Gasteiger partial charge in [-0.2, -0.15) is 0 Å². The lowest BCUT2D eigenvalue weighted by Crippen LogP contribution is -2.67. The Hall–Kier alpha value is -3.66. The van der Waals surface area contributed by atoms with Crippen LogP contribution >= 0.6 is 0 Å². The van der Waals surface area contributed by atoms with Gasteiger partial charge in [0.15, 0.2) is 0 Å². The number of amides is 2. The second kappa shape index (κ2) is 12.1. The molecule has 41 heavy (non-hydrogen) atoms.